The number of benzene rings is 2. The predicted molar refractivity (Wildman–Crippen MR) is 106 cm³/mol. The second kappa shape index (κ2) is 8.10. The van der Waals surface area contributed by atoms with E-state index >= 15 is 0 Å². The van der Waals surface area contributed by atoms with Crippen molar-refractivity contribution in [2.24, 2.45) is 0 Å². The zero-order valence-electron chi connectivity index (χ0n) is 14.9. The lowest BCUT2D eigenvalue weighted by molar-refractivity contribution is -0.384. The molecule has 11 heteroatoms. The van der Waals surface area contributed by atoms with Gasteiger partial charge in [-0.1, -0.05) is 30.0 Å². The van der Waals surface area contributed by atoms with E-state index in [1.54, 1.807) is 12.4 Å². The van der Waals surface area contributed by atoms with Crippen LogP contribution in [0.5, 0.6) is 0 Å². The van der Waals surface area contributed by atoms with Crippen molar-refractivity contribution < 1.29 is 14.1 Å². The van der Waals surface area contributed by atoms with Crippen molar-refractivity contribution >= 4 is 40.1 Å². The van der Waals surface area contributed by atoms with Crippen LogP contribution in [-0.2, 0) is 11.3 Å². The Hall–Kier alpha value is -3.73. The first-order valence-electron chi connectivity index (χ1n) is 8.48. The zero-order chi connectivity index (χ0) is 20.2. The number of aromatic nitrogens is 4. The molecule has 0 atom stereocenters. The maximum absolute atomic E-state index is 12.1. The molecule has 0 fully saturated rings. The lowest BCUT2D eigenvalue weighted by Gasteiger charge is -2.03. The average Bonchev–Trinajstić information content (AvgIpc) is 3.34. The number of imidazole rings is 1. The molecule has 1 amide bonds. The van der Waals surface area contributed by atoms with Crippen LogP contribution in [0.15, 0.2) is 64.5 Å². The molecule has 0 saturated heterocycles. The van der Waals surface area contributed by atoms with Gasteiger partial charge in [0.15, 0.2) is 0 Å². The van der Waals surface area contributed by atoms with Crippen LogP contribution in [0.4, 0.5) is 11.4 Å². The summed E-state index contributed by atoms with van der Waals surface area (Å²) >= 11 is 1.08. The van der Waals surface area contributed by atoms with Gasteiger partial charge < -0.3 is 14.3 Å². The van der Waals surface area contributed by atoms with E-state index in [4.69, 9.17) is 4.42 Å². The summed E-state index contributed by atoms with van der Waals surface area (Å²) in [5.74, 6) is 0.0869. The molecule has 0 radical (unpaired) electrons. The van der Waals surface area contributed by atoms with Crippen LogP contribution in [0.25, 0.3) is 11.0 Å². The maximum atomic E-state index is 12.1. The SMILES string of the molecule is O=C(CSc1nnc(Cn2cnc3ccccc32)o1)Nc1cccc([N+](=O)[O-])c1. The summed E-state index contributed by atoms with van der Waals surface area (Å²) in [5.41, 5.74) is 2.09. The lowest BCUT2D eigenvalue weighted by atomic mass is 10.3. The van der Waals surface area contributed by atoms with E-state index in [-0.39, 0.29) is 22.6 Å². The first kappa shape index (κ1) is 18.6. The molecule has 0 aliphatic carbocycles. The summed E-state index contributed by atoms with van der Waals surface area (Å²) in [6.45, 7) is 0.369. The molecule has 2 aromatic heterocycles. The number of non-ortho nitro benzene ring substituents is 1. The third-order valence-electron chi connectivity index (χ3n) is 3.95. The fraction of sp³-hybridized carbons (Fsp3) is 0.111. The largest absolute Gasteiger partial charge is 0.414 e. The Kier molecular flexibility index (Phi) is 5.20. The minimum Gasteiger partial charge on any atom is -0.414 e. The maximum Gasteiger partial charge on any atom is 0.277 e. The van der Waals surface area contributed by atoms with E-state index in [0.29, 0.717) is 18.1 Å². The van der Waals surface area contributed by atoms with Gasteiger partial charge in [-0.25, -0.2) is 4.98 Å². The normalized spacial score (nSPS) is 10.9. The van der Waals surface area contributed by atoms with Crippen LogP contribution < -0.4 is 5.32 Å². The van der Waals surface area contributed by atoms with Gasteiger partial charge in [0.25, 0.3) is 10.9 Å². The van der Waals surface area contributed by atoms with Crippen molar-refractivity contribution in [3.8, 4) is 0 Å². The Morgan fingerprint density at radius 1 is 1.21 bits per heavy atom. The number of amides is 1. The van der Waals surface area contributed by atoms with Crippen LogP contribution in [0.3, 0.4) is 0 Å². The molecule has 4 rings (SSSR count). The Bertz CT molecular complexity index is 1190. The number of fused-ring (bicyclic) bond motifs is 1. The average molecular weight is 410 g/mol. The number of para-hydroxylation sites is 2. The number of nitrogens with zero attached hydrogens (tertiary/aromatic N) is 5. The Morgan fingerprint density at radius 2 is 2.07 bits per heavy atom. The zero-order valence-corrected chi connectivity index (χ0v) is 15.7. The Morgan fingerprint density at radius 3 is 2.93 bits per heavy atom. The minimum absolute atomic E-state index is 0.0261. The number of rotatable bonds is 7. The van der Waals surface area contributed by atoms with E-state index in [9.17, 15) is 14.9 Å². The van der Waals surface area contributed by atoms with E-state index in [0.717, 1.165) is 22.8 Å². The summed E-state index contributed by atoms with van der Waals surface area (Å²) in [6, 6.07) is 13.4. The van der Waals surface area contributed by atoms with E-state index < -0.39 is 4.92 Å². The molecule has 0 spiro atoms. The molecule has 1 N–H and O–H groups in total. The van der Waals surface area contributed by atoms with Crippen molar-refractivity contribution in [1.82, 2.24) is 19.7 Å². The predicted octanol–water partition coefficient (Wildman–Crippen LogP) is 3.11. The van der Waals surface area contributed by atoms with Crippen LogP contribution in [0.1, 0.15) is 5.89 Å². The number of carbonyl (C=O) groups excluding carboxylic acids is 1. The molecule has 0 saturated carbocycles. The Labute approximate surface area is 168 Å². The first-order valence-corrected chi connectivity index (χ1v) is 9.46. The standard InChI is InChI=1S/C18H14N6O4S/c25-16(20-12-4-3-5-13(8-12)24(26)27)10-29-18-22-21-17(28-18)9-23-11-19-14-6-1-2-7-15(14)23/h1-8,11H,9-10H2,(H,20,25). The molecule has 2 aromatic carbocycles. The highest BCUT2D eigenvalue weighted by Gasteiger charge is 2.13. The van der Waals surface area contributed by atoms with Gasteiger partial charge >= 0.3 is 0 Å². The number of thioether (sulfide) groups is 1. The third kappa shape index (κ3) is 4.41. The van der Waals surface area contributed by atoms with Crippen molar-refractivity contribution in [2.45, 2.75) is 11.8 Å². The number of nitrogens with one attached hydrogen (secondary N) is 1. The Balaban J connectivity index is 1.34. The number of hydrogen-bond donors (Lipinski definition) is 1. The lowest BCUT2D eigenvalue weighted by Crippen LogP contribution is -2.14. The fourth-order valence-electron chi connectivity index (χ4n) is 2.66. The van der Waals surface area contributed by atoms with Crippen molar-refractivity contribution in [1.29, 1.82) is 0 Å². The van der Waals surface area contributed by atoms with Gasteiger partial charge in [-0.05, 0) is 18.2 Å². The summed E-state index contributed by atoms with van der Waals surface area (Å²) in [4.78, 5) is 26.7. The summed E-state index contributed by atoms with van der Waals surface area (Å²) in [7, 11) is 0. The first-order chi connectivity index (χ1) is 14.1. The van der Waals surface area contributed by atoms with Crippen LogP contribution >= 0.6 is 11.8 Å². The van der Waals surface area contributed by atoms with Crippen molar-refractivity contribution in [3.63, 3.8) is 0 Å². The van der Waals surface area contributed by atoms with Gasteiger partial charge in [0, 0.05) is 17.8 Å². The van der Waals surface area contributed by atoms with E-state index in [1.165, 1.54) is 18.2 Å². The van der Waals surface area contributed by atoms with Crippen LogP contribution in [-0.4, -0.2) is 36.3 Å². The summed E-state index contributed by atoms with van der Waals surface area (Å²) in [5, 5.41) is 21.6. The molecule has 0 aliphatic rings. The highest BCUT2D eigenvalue weighted by Crippen LogP contribution is 2.20. The van der Waals surface area contributed by atoms with Crippen LogP contribution in [0, 0.1) is 10.1 Å². The second-order valence-electron chi connectivity index (χ2n) is 5.97. The molecule has 0 unspecified atom stereocenters. The fourth-order valence-corrected chi connectivity index (χ4v) is 3.24. The van der Waals surface area contributed by atoms with Gasteiger partial charge in [-0.2, -0.15) is 0 Å². The molecule has 4 aromatic rings. The number of carbonyl (C=O) groups is 1. The molecule has 10 nitrogen and oxygen atoms in total. The molecule has 0 bridgehead atoms. The van der Waals surface area contributed by atoms with Crippen molar-refractivity contribution in [3.05, 3.63) is 70.9 Å². The van der Waals surface area contributed by atoms with Crippen molar-refractivity contribution in [2.75, 3.05) is 11.1 Å². The van der Waals surface area contributed by atoms with Gasteiger partial charge in [0.2, 0.25) is 11.8 Å². The highest BCUT2D eigenvalue weighted by atomic mass is 32.2. The van der Waals surface area contributed by atoms with E-state index in [1.807, 2.05) is 28.8 Å². The molecule has 29 heavy (non-hydrogen) atoms. The second-order valence-corrected chi connectivity index (χ2v) is 6.89. The minimum atomic E-state index is -0.520. The van der Waals surface area contributed by atoms with Gasteiger partial charge in [0.1, 0.15) is 6.54 Å². The molecular formula is C18H14N6O4S. The van der Waals surface area contributed by atoms with Gasteiger partial charge in [0.05, 0.1) is 28.0 Å². The highest BCUT2D eigenvalue weighted by molar-refractivity contribution is 7.99. The smallest absolute Gasteiger partial charge is 0.277 e. The molecule has 0 aliphatic heterocycles. The van der Waals surface area contributed by atoms with Crippen LogP contribution in [0.2, 0.25) is 0 Å². The van der Waals surface area contributed by atoms with Gasteiger partial charge in [-0.3, -0.25) is 14.9 Å². The molecule has 146 valence electrons. The topological polar surface area (TPSA) is 129 Å². The number of nitro groups is 1. The molecular weight excluding hydrogens is 396 g/mol. The summed E-state index contributed by atoms with van der Waals surface area (Å²) in [6.07, 6.45) is 1.70. The summed E-state index contributed by atoms with van der Waals surface area (Å²) < 4.78 is 7.48. The number of hydrogen-bond acceptors (Lipinski definition) is 8. The molecule has 2 heterocycles. The van der Waals surface area contributed by atoms with Gasteiger partial charge in [-0.15, -0.1) is 10.2 Å². The number of nitro benzene ring substituents is 1. The van der Waals surface area contributed by atoms with E-state index in [2.05, 4.69) is 20.5 Å². The monoisotopic (exact) mass is 410 g/mol. The number of anilines is 1. The quantitative estimate of drug-likeness (QED) is 0.279. The third-order valence-corrected chi connectivity index (χ3v) is 4.77.